The van der Waals surface area contributed by atoms with Gasteiger partial charge in [0.2, 0.25) is 15.9 Å². The average Bonchev–Trinajstić information content (AvgIpc) is 3.24. The Morgan fingerprint density at radius 1 is 1.28 bits per heavy atom. The van der Waals surface area contributed by atoms with Gasteiger partial charge in [-0.05, 0) is 40.5 Å². The SMILES string of the molecule is CCn1ncc(C(C)NC(=O)C2CCCN(S(=O)(=O)c3cnn(C)c3C)C2)c1C. The van der Waals surface area contributed by atoms with Crippen LogP contribution in [0.15, 0.2) is 17.3 Å². The van der Waals surface area contributed by atoms with Crippen LogP contribution < -0.4 is 5.32 Å². The van der Waals surface area contributed by atoms with Crippen molar-refractivity contribution in [1.82, 2.24) is 29.2 Å². The highest BCUT2D eigenvalue weighted by Gasteiger charge is 2.35. The van der Waals surface area contributed by atoms with Gasteiger partial charge in [0.15, 0.2) is 0 Å². The summed E-state index contributed by atoms with van der Waals surface area (Å²) in [5.74, 6) is -0.497. The van der Waals surface area contributed by atoms with Crippen LogP contribution in [0.5, 0.6) is 0 Å². The Morgan fingerprint density at radius 3 is 2.59 bits per heavy atom. The van der Waals surface area contributed by atoms with Crippen LogP contribution in [0.3, 0.4) is 0 Å². The smallest absolute Gasteiger partial charge is 0.246 e. The van der Waals surface area contributed by atoms with Crippen LogP contribution in [0.4, 0.5) is 0 Å². The summed E-state index contributed by atoms with van der Waals surface area (Å²) in [5.41, 5.74) is 2.60. The lowest BCUT2D eigenvalue weighted by Gasteiger charge is -2.31. The zero-order chi connectivity index (χ0) is 21.3. The summed E-state index contributed by atoms with van der Waals surface area (Å²) < 4.78 is 30.9. The summed E-state index contributed by atoms with van der Waals surface area (Å²) in [6.45, 7) is 9.04. The fraction of sp³-hybridized carbons (Fsp3) is 0.632. The van der Waals surface area contributed by atoms with Gasteiger partial charge < -0.3 is 5.32 Å². The van der Waals surface area contributed by atoms with E-state index in [4.69, 9.17) is 0 Å². The fourth-order valence-corrected chi connectivity index (χ4v) is 5.57. The molecule has 0 radical (unpaired) electrons. The first-order valence-corrected chi connectivity index (χ1v) is 11.4. The van der Waals surface area contributed by atoms with E-state index in [9.17, 15) is 13.2 Å². The number of hydrogen-bond donors (Lipinski definition) is 1. The molecule has 9 nitrogen and oxygen atoms in total. The third kappa shape index (κ3) is 4.09. The van der Waals surface area contributed by atoms with Crippen molar-refractivity contribution < 1.29 is 13.2 Å². The third-order valence-electron chi connectivity index (χ3n) is 5.83. The number of hydrogen-bond acceptors (Lipinski definition) is 5. The Hall–Kier alpha value is -2.20. The molecule has 0 saturated carbocycles. The van der Waals surface area contributed by atoms with E-state index in [0.717, 1.165) is 17.8 Å². The molecule has 1 aliphatic rings. The van der Waals surface area contributed by atoms with Gasteiger partial charge in [-0.3, -0.25) is 14.2 Å². The van der Waals surface area contributed by atoms with Gasteiger partial charge in [-0.15, -0.1) is 0 Å². The molecule has 10 heteroatoms. The molecule has 2 atom stereocenters. The minimum absolute atomic E-state index is 0.121. The molecule has 0 aliphatic carbocycles. The van der Waals surface area contributed by atoms with E-state index in [0.29, 0.717) is 25.1 Å². The Kier molecular flexibility index (Phi) is 6.13. The van der Waals surface area contributed by atoms with Crippen molar-refractivity contribution in [1.29, 1.82) is 0 Å². The maximum absolute atomic E-state index is 13.0. The van der Waals surface area contributed by atoms with Crippen LogP contribution in [0.25, 0.3) is 0 Å². The summed E-state index contributed by atoms with van der Waals surface area (Å²) >= 11 is 0. The molecule has 0 spiro atoms. The number of aryl methyl sites for hydroxylation is 2. The maximum atomic E-state index is 13.0. The standard InChI is InChI=1S/C19H30N6O3S/c1-6-25-14(3)17(10-21-25)13(2)22-19(26)16-8-7-9-24(12-16)29(27,28)18-11-20-23(5)15(18)4/h10-11,13,16H,6-9,12H2,1-5H3,(H,22,26). The second kappa shape index (κ2) is 8.27. The molecule has 1 saturated heterocycles. The largest absolute Gasteiger partial charge is 0.349 e. The van der Waals surface area contributed by atoms with Crippen molar-refractivity contribution in [3.8, 4) is 0 Å². The van der Waals surface area contributed by atoms with E-state index in [-0.39, 0.29) is 29.3 Å². The van der Waals surface area contributed by atoms with Crippen molar-refractivity contribution in [3.63, 3.8) is 0 Å². The number of rotatable bonds is 6. The molecular formula is C19H30N6O3S. The van der Waals surface area contributed by atoms with Crippen molar-refractivity contribution in [3.05, 3.63) is 29.3 Å². The van der Waals surface area contributed by atoms with E-state index in [1.807, 2.05) is 25.5 Å². The van der Waals surface area contributed by atoms with Crippen LogP contribution in [0, 0.1) is 19.8 Å². The number of sulfonamides is 1. The molecule has 1 amide bonds. The minimum atomic E-state index is -3.67. The van der Waals surface area contributed by atoms with Crippen molar-refractivity contribution in [2.75, 3.05) is 13.1 Å². The van der Waals surface area contributed by atoms with Gasteiger partial charge in [-0.1, -0.05) is 0 Å². The van der Waals surface area contributed by atoms with Gasteiger partial charge in [0.25, 0.3) is 0 Å². The number of nitrogens with one attached hydrogen (secondary N) is 1. The first-order valence-electron chi connectivity index (χ1n) is 9.98. The highest BCUT2D eigenvalue weighted by atomic mass is 32.2. The Labute approximate surface area is 172 Å². The van der Waals surface area contributed by atoms with Crippen LogP contribution in [-0.4, -0.2) is 51.3 Å². The number of carbonyl (C=O) groups is 1. The number of piperidine rings is 1. The first kappa shape index (κ1) is 21.5. The summed E-state index contributed by atoms with van der Waals surface area (Å²) in [4.78, 5) is 13.1. The molecule has 160 valence electrons. The Morgan fingerprint density at radius 2 is 2.00 bits per heavy atom. The summed E-state index contributed by atoms with van der Waals surface area (Å²) in [5, 5.41) is 11.4. The molecule has 0 bridgehead atoms. The van der Waals surface area contributed by atoms with Gasteiger partial charge in [-0.2, -0.15) is 14.5 Å². The van der Waals surface area contributed by atoms with E-state index in [2.05, 4.69) is 15.5 Å². The van der Waals surface area contributed by atoms with E-state index < -0.39 is 10.0 Å². The molecule has 1 fully saturated rings. The number of amides is 1. The van der Waals surface area contributed by atoms with Gasteiger partial charge >= 0.3 is 0 Å². The summed E-state index contributed by atoms with van der Waals surface area (Å²) in [7, 11) is -1.96. The molecule has 1 N–H and O–H groups in total. The minimum Gasteiger partial charge on any atom is -0.349 e. The predicted molar refractivity (Wildman–Crippen MR) is 109 cm³/mol. The lowest BCUT2D eigenvalue weighted by atomic mass is 9.98. The molecule has 29 heavy (non-hydrogen) atoms. The normalized spacial score (nSPS) is 19.3. The Bertz CT molecular complexity index is 994. The molecule has 2 aromatic rings. The predicted octanol–water partition coefficient (Wildman–Crippen LogP) is 1.53. The second-order valence-corrected chi connectivity index (χ2v) is 9.56. The van der Waals surface area contributed by atoms with E-state index >= 15 is 0 Å². The van der Waals surface area contributed by atoms with Gasteiger partial charge in [0.05, 0.1) is 30.0 Å². The van der Waals surface area contributed by atoms with Crippen molar-refractivity contribution in [2.24, 2.45) is 13.0 Å². The maximum Gasteiger partial charge on any atom is 0.246 e. The van der Waals surface area contributed by atoms with Crippen LogP contribution >= 0.6 is 0 Å². The average molecular weight is 423 g/mol. The molecular weight excluding hydrogens is 392 g/mol. The zero-order valence-electron chi connectivity index (χ0n) is 17.7. The van der Waals surface area contributed by atoms with Gasteiger partial charge in [-0.25, -0.2) is 8.42 Å². The topological polar surface area (TPSA) is 102 Å². The monoisotopic (exact) mass is 422 g/mol. The molecule has 3 heterocycles. The number of aromatic nitrogens is 4. The second-order valence-electron chi connectivity index (χ2n) is 7.65. The van der Waals surface area contributed by atoms with Crippen molar-refractivity contribution >= 4 is 15.9 Å². The summed E-state index contributed by atoms with van der Waals surface area (Å²) in [6, 6.07) is -0.185. The third-order valence-corrected chi connectivity index (χ3v) is 7.80. The van der Waals surface area contributed by atoms with Crippen LogP contribution in [0.1, 0.15) is 49.7 Å². The molecule has 2 aromatic heterocycles. The number of nitrogens with zero attached hydrogens (tertiary/aromatic N) is 5. The quantitative estimate of drug-likeness (QED) is 0.761. The number of carbonyl (C=O) groups excluding carboxylic acids is 1. The lowest BCUT2D eigenvalue weighted by molar-refractivity contribution is -0.126. The lowest BCUT2D eigenvalue weighted by Crippen LogP contribution is -2.45. The van der Waals surface area contributed by atoms with Gasteiger partial charge in [0, 0.05) is 37.9 Å². The van der Waals surface area contributed by atoms with E-state index in [1.165, 1.54) is 10.5 Å². The fourth-order valence-electron chi connectivity index (χ4n) is 3.86. The molecule has 0 aromatic carbocycles. The molecule has 2 unspecified atom stereocenters. The van der Waals surface area contributed by atoms with Crippen molar-refractivity contribution in [2.45, 2.75) is 58.0 Å². The first-order chi connectivity index (χ1) is 13.7. The highest BCUT2D eigenvalue weighted by Crippen LogP contribution is 2.26. The summed E-state index contributed by atoms with van der Waals surface area (Å²) in [6.07, 6.45) is 4.48. The molecule has 3 rings (SSSR count). The van der Waals surface area contributed by atoms with Crippen LogP contribution in [-0.2, 0) is 28.4 Å². The highest BCUT2D eigenvalue weighted by molar-refractivity contribution is 7.89. The van der Waals surface area contributed by atoms with Crippen LogP contribution in [0.2, 0.25) is 0 Å². The van der Waals surface area contributed by atoms with E-state index in [1.54, 1.807) is 24.9 Å². The zero-order valence-corrected chi connectivity index (χ0v) is 18.5. The van der Waals surface area contributed by atoms with Gasteiger partial charge in [0.1, 0.15) is 4.90 Å². The Balaban J connectivity index is 1.70. The molecule has 1 aliphatic heterocycles.